The Hall–Kier alpha value is -2.68. The van der Waals surface area contributed by atoms with E-state index in [1.165, 1.54) is 28.7 Å². The van der Waals surface area contributed by atoms with Gasteiger partial charge >= 0.3 is 0 Å². The molecule has 0 bridgehead atoms. The van der Waals surface area contributed by atoms with Crippen LogP contribution in [0.15, 0.2) is 66.1 Å². The Balaban J connectivity index is 1.36. The fraction of sp³-hybridized carbons (Fsp3) is 0.143. The molecule has 0 spiro atoms. The van der Waals surface area contributed by atoms with Crippen molar-refractivity contribution in [1.29, 1.82) is 0 Å². The molecule has 0 saturated carbocycles. The van der Waals surface area contributed by atoms with E-state index in [9.17, 15) is 4.79 Å². The van der Waals surface area contributed by atoms with Gasteiger partial charge in [-0.2, -0.15) is 0 Å². The highest BCUT2D eigenvalue weighted by Gasteiger charge is 2.14. The third-order valence-corrected chi connectivity index (χ3v) is 6.57. The molecular formula is C21H18ClN5OS2. The third-order valence-electron chi connectivity index (χ3n) is 4.25. The zero-order chi connectivity index (χ0) is 20.9. The molecule has 0 unspecified atom stereocenters. The number of aromatic nitrogens is 4. The van der Waals surface area contributed by atoms with E-state index < -0.39 is 0 Å². The van der Waals surface area contributed by atoms with Gasteiger partial charge in [-0.05, 0) is 30.7 Å². The molecule has 0 aliphatic carbocycles. The number of imidazole rings is 1. The van der Waals surface area contributed by atoms with Crippen molar-refractivity contribution in [3.63, 3.8) is 0 Å². The van der Waals surface area contributed by atoms with Gasteiger partial charge in [0.05, 0.1) is 5.75 Å². The molecule has 0 fully saturated rings. The molecule has 1 amide bonds. The Kier molecular flexibility index (Phi) is 6.47. The number of rotatable bonds is 7. The first-order valence-corrected chi connectivity index (χ1v) is 11.3. The van der Waals surface area contributed by atoms with Crippen LogP contribution in [0.3, 0.4) is 0 Å². The van der Waals surface area contributed by atoms with Crippen LogP contribution >= 0.6 is 34.7 Å². The minimum absolute atomic E-state index is 0.218. The number of hydrogen-bond acceptors (Lipinski definition) is 6. The molecule has 0 aliphatic rings. The first kappa shape index (κ1) is 20.6. The van der Waals surface area contributed by atoms with Crippen LogP contribution in [0.1, 0.15) is 25.9 Å². The summed E-state index contributed by atoms with van der Waals surface area (Å²) < 4.78 is 1.97. The average Bonchev–Trinajstić information content (AvgIpc) is 3.41. The van der Waals surface area contributed by atoms with Crippen LogP contribution in [-0.4, -0.2) is 25.7 Å². The summed E-state index contributed by atoms with van der Waals surface area (Å²) in [5, 5.41) is 13.7. The lowest BCUT2D eigenvalue weighted by Crippen LogP contribution is -2.22. The SMILES string of the molecule is Cc1ccc(CNC(=O)c2nnc(CSc3nccn3-c3cccc(Cl)c3)s2)cc1. The molecule has 2 aromatic carbocycles. The summed E-state index contributed by atoms with van der Waals surface area (Å²) in [5.41, 5.74) is 3.17. The zero-order valence-electron chi connectivity index (χ0n) is 16.1. The molecule has 0 aliphatic heterocycles. The Bertz CT molecular complexity index is 1160. The zero-order valence-corrected chi connectivity index (χ0v) is 18.5. The maximum absolute atomic E-state index is 12.4. The van der Waals surface area contributed by atoms with E-state index in [1.54, 1.807) is 6.20 Å². The maximum atomic E-state index is 12.4. The van der Waals surface area contributed by atoms with Crippen molar-refractivity contribution in [3.05, 3.63) is 87.1 Å². The Morgan fingerprint density at radius 3 is 2.83 bits per heavy atom. The normalized spacial score (nSPS) is 10.9. The largest absolute Gasteiger partial charge is 0.346 e. The van der Waals surface area contributed by atoms with Crippen LogP contribution in [0, 0.1) is 6.92 Å². The van der Waals surface area contributed by atoms with Gasteiger partial charge in [0.1, 0.15) is 5.01 Å². The Morgan fingerprint density at radius 1 is 1.20 bits per heavy atom. The summed E-state index contributed by atoms with van der Waals surface area (Å²) in [7, 11) is 0. The number of carbonyl (C=O) groups is 1. The first-order chi connectivity index (χ1) is 14.6. The molecule has 2 heterocycles. The predicted molar refractivity (Wildman–Crippen MR) is 120 cm³/mol. The average molecular weight is 456 g/mol. The summed E-state index contributed by atoms with van der Waals surface area (Å²) in [6.07, 6.45) is 3.63. The van der Waals surface area contributed by atoms with Crippen LogP contribution in [0.4, 0.5) is 0 Å². The summed E-state index contributed by atoms with van der Waals surface area (Å²) in [6.45, 7) is 2.49. The molecule has 0 atom stereocenters. The number of halogens is 1. The number of hydrogen-bond donors (Lipinski definition) is 1. The van der Waals surface area contributed by atoms with Crippen molar-refractivity contribution < 1.29 is 4.79 Å². The van der Waals surface area contributed by atoms with Crippen LogP contribution in [0.25, 0.3) is 5.69 Å². The monoisotopic (exact) mass is 455 g/mol. The fourth-order valence-electron chi connectivity index (χ4n) is 2.71. The molecule has 6 nitrogen and oxygen atoms in total. The number of nitrogens with one attached hydrogen (secondary N) is 1. The van der Waals surface area contributed by atoms with Crippen molar-refractivity contribution in [2.24, 2.45) is 0 Å². The molecule has 0 saturated heterocycles. The van der Waals surface area contributed by atoms with E-state index in [-0.39, 0.29) is 5.91 Å². The van der Waals surface area contributed by atoms with Crippen LogP contribution in [-0.2, 0) is 12.3 Å². The number of aryl methyl sites for hydroxylation is 1. The van der Waals surface area contributed by atoms with Crippen molar-refractivity contribution in [2.45, 2.75) is 24.4 Å². The molecule has 0 radical (unpaired) electrons. The summed E-state index contributed by atoms with van der Waals surface area (Å²) in [4.78, 5) is 16.8. The molecule has 4 aromatic rings. The van der Waals surface area contributed by atoms with E-state index in [4.69, 9.17) is 11.6 Å². The molecular weight excluding hydrogens is 438 g/mol. The van der Waals surface area contributed by atoms with Crippen LogP contribution < -0.4 is 5.32 Å². The Morgan fingerprint density at radius 2 is 2.03 bits per heavy atom. The maximum Gasteiger partial charge on any atom is 0.282 e. The van der Waals surface area contributed by atoms with Crippen LogP contribution in [0.2, 0.25) is 5.02 Å². The molecule has 30 heavy (non-hydrogen) atoms. The van der Waals surface area contributed by atoms with Crippen LogP contribution in [0.5, 0.6) is 0 Å². The molecule has 4 rings (SSSR count). The highest BCUT2D eigenvalue weighted by atomic mass is 35.5. The van der Waals surface area contributed by atoms with Crippen molar-refractivity contribution in [1.82, 2.24) is 25.1 Å². The topological polar surface area (TPSA) is 72.7 Å². The van der Waals surface area contributed by atoms with Gasteiger partial charge in [-0.3, -0.25) is 9.36 Å². The minimum atomic E-state index is -0.218. The highest BCUT2D eigenvalue weighted by Crippen LogP contribution is 2.26. The van der Waals surface area contributed by atoms with Gasteiger partial charge in [0, 0.05) is 29.6 Å². The second-order valence-electron chi connectivity index (χ2n) is 6.52. The fourth-order valence-corrected chi connectivity index (χ4v) is 4.61. The summed E-state index contributed by atoms with van der Waals surface area (Å²) in [6, 6.07) is 15.6. The van der Waals surface area contributed by atoms with E-state index in [0.29, 0.717) is 22.3 Å². The standard InChI is InChI=1S/C21H18ClN5OS2/c1-14-5-7-15(8-6-14)12-24-19(28)20-26-25-18(30-20)13-29-21-23-9-10-27(21)17-4-2-3-16(22)11-17/h2-11H,12-13H2,1H3,(H,24,28). The smallest absolute Gasteiger partial charge is 0.282 e. The molecule has 1 N–H and O–H groups in total. The van der Waals surface area contributed by atoms with Gasteiger partial charge in [-0.15, -0.1) is 10.2 Å². The van der Waals surface area contributed by atoms with Crippen molar-refractivity contribution >= 4 is 40.6 Å². The van der Waals surface area contributed by atoms with E-state index in [2.05, 4.69) is 20.5 Å². The summed E-state index contributed by atoms with van der Waals surface area (Å²) in [5.74, 6) is 0.352. The van der Waals surface area contributed by atoms with Gasteiger partial charge in [0.15, 0.2) is 5.16 Å². The number of benzene rings is 2. The van der Waals surface area contributed by atoms with E-state index in [0.717, 1.165) is 21.4 Å². The van der Waals surface area contributed by atoms with Crippen molar-refractivity contribution in [3.8, 4) is 5.69 Å². The van der Waals surface area contributed by atoms with E-state index >= 15 is 0 Å². The lowest BCUT2D eigenvalue weighted by Gasteiger charge is -2.07. The molecule has 152 valence electrons. The van der Waals surface area contributed by atoms with Gasteiger partial charge in [0.2, 0.25) is 5.01 Å². The van der Waals surface area contributed by atoms with Gasteiger partial charge in [-0.1, -0.05) is 70.6 Å². The van der Waals surface area contributed by atoms with Gasteiger partial charge in [0.25, 0.3) is 5.91 Å². The number of thioether (sulfide) groups is 1. The summed E-state index contributed by atoms with van der Waals surface area (Å²) >= 11 is 8.92. The minimum Gasteiger partial charge on any atom is -0.346 e. The molecule has 9 heteroatoms. The second-order valence-corrected chi connectivity index (χ2v) is 8.96. The van der Waals surface area contributed by atoms with Gasteiger partial charge in [-0.25, -0.2) is 4.98 Å². The third kappa shape index (κ3) is 5.08. The number of nitrogens with zero attached hydrogens (tertiary/aromatic N) is 4. The van der Waals surface area contributed by atoms with E-state index in [1.807, 2.05) is 66.2 Å². The lowest BCUT2D eigenvalue weighted by molar-refractivity contribution is 0.0950. The lowest BCUT2D eigenvalue weighted by atomic mass is 10.1. The number of amides is 1. The predicted octanol–water partition coefficient (Wildman–Crippen LogP) is 4.91. The number of carbonyl (C=O) groups excluding carboxylic acids is 1. The highest BCUT2D eigenvalue weighted by molar-refractivity contribution is 7.98. The first-order valence-electron chi connectivity index (χ1n) is 9.17. The molecule has 2 aromatic heterocycles. The van der Waals surface area contributed by atoms with Gasteiger partial charge < -0.3 is 5.32 Å². The Labute approximate surface area is 187 Å². The van der Waals surface area contributed by atoms with Crippen molar-refractivity contribution in [2.75, 3.05) is 0 Å². The quantitative estimate of drug-likeness (QED) is 0.401. The second kappa shape index (κ2) is 9.42.